The Hall–Kier alpha value is -1.58. The van der Waals surface area contributed by atoms with Gasteiger partial charge in [0.2, 0.25) is 5.56 Å². The fourth-order valence-corrected chi connectivity index (χ4v) is 4.25. The fourth-order valence-electron chi connectivity index (χ4n) is 4.25. The number of nitrogens with one attached hydrogen (secondary N) is 2. The minimum absolute atomic E-state index is 0.134. The zero-order chi connectivity index (χ0) is 14.5. The molecule has 0 spiro atoms. The van der Waals surface area contributed by atoms with E-state index in [1.54, 1.807) is 6.07 Å². The van der Waals surface area contributed by atoms with Crippen molar-refractivity contribution in [2.75, 3.05) is 0 Å². The van der Waals surface area contributed by atoms with Crippen molar-refractivity contribution in [3.8, 4) is 0 Å². The molecule has 4 nitrogen and oxygen atoms in total. The van der Waals surface area contributed by atoms with Crippen molar-refractivity contribution in [2.24, 2.45) is 16.7 Å². The highest BCUT2D eigenvalue weighted by Crippen LogP contribution is 2.65. The summed E-state index contributed by atoms with van der Waals surface area (Å²) in [7, 11) is 0. The van der Waals surface area contributed by atoms with Crippen LogP contribution < -0.4 is 10.9 Å². The second-order valence-electron chi connectivity index (χ2n) is 7.08. The van der Waals surface area contributed by atoms with Crippen LogP contribution in [0.2, 0.25) is 0 Å². The molecule has 2 N–H and O–H groups in total. The van der Waals surface area contributed by atoms with Gasteiger partial charge in [0.15, 0.2) is 0 Å². The summed E-state index contributed by atoms with van der Waals surface area (Å²) >= 11 is 0. The number of carbonyl (C=O) groups is 1. The Bertz CT molecular complexity index is 604. The maximum absolute atomic E-state index is 12.3. The van der Waals surface area contributed by atoms with Gasteiger partial charge in [-0.25, -0.2) is 0 Å². The number of pyridine rings is 1. The van der Waals surface area contributed by atoms with Crippen LogP contribution in [0.3, 0.4) is 0 Å². The van der Waals surface area contributed by atoms with Crippen LogP contribution in [0, 0.1) is 16.7 Å². The molecule has 0 aromatic carbocycles. The van der Waals surface area contributed by atoms with Gasteiger partial charge in [0.1, 0.15) is 0 Å². The molecule has 1 aromatic heterocycles. The van der Waals surface area contributed by atoms with E-state index in [0.29, 0.717) is 11.5 Å². The van der Waals surface area contributed by atoms with Crippen molar-refractivity contribution in [2.45, 2.75) is 46.1 Å². The number of aromatic nitrogens is 1. The number of hydrogen-bond acceptors (Lipinski definition) is 2. The number of carbonyl (C=O) groups excluding carboxylic acids is 1. The Morgan fingerprint density at radius 1 is 1.40 bits per heavy atom. The number of fused-ring (bicyclic) bond motifs is 2. The Kier molecular flexibility index (Phi) is 2.82. The van der Waals surface area contributed by atoms with Crippen LogP contribution in [0.4, 0.5) is 0 Å². The molecule has 0 saturated heterocycles. The monoisotopic (exact) mass is 274 g/mol. The van der Waals surface area contributed by atoms with Crippen LogP contribution in [0.25, 0.3) is 0 Å². The Morgan fingerprint density at radius 3 is 2.70 bits per heavy atom. The summed E-state index contributed by atoms with van der Waals surface area (Å²) in [6, 6.07) is 3.22. The van der Waals surface area contributed by atoms with Crippen molar-refractivity contribution in [1.82, 2.24) is 10.3 Å². The molecule has 4 heteroatoms. The number of H-pyrrole nitrogens is 1. The lowest BCUT2D eigenvalue weighted by molar-refractivity contribution is 0.0826. The second-order valence-corrected chi connectivity index (χ2v) is 7.08. The maximum atomic E-state index is 12.3. The Morgan fingerprint density at radius 2 is 2.15 bits per heavy atom. The summed E-state index contributed by atoms with van der Waals surface area (Å²) in [5, 5.41) is 3.16. The predicted molar refractivity (Wildman–Crippen MR) is 77.5 cm³/mol. The van der Waals surface area contributed by atoms with Gasteiger partial charge in [0.05, 0.1) is 0 Å². The minimum Gasteiger partial charge on any atom is -0.349 e. The lowest BCUT2D eigenvalue weighted by Gasteiger charge is -2.39. The van der Waals surface area contributed by atoms with Crippen molar-refractivity contribution in [3.05, 3.63) is 34.2 Å². The number of hydrogen-bond donors (Lipinski definition) is 2. The SMILES string of the molecule is CC1(C)C2CCC1(C)C(NC(=O)c1cc[nH]c(=O)c1)C2. The molecule has 108 valence electrons. The molecular formula is C16H22N2O2. The van der Waals surface area contributed by atoms with Crippen LogP contribution >= 0.6 is 0 Å². The summed E-state index contributed by atoms with van der Waals surface area (Å²) in [5.41, 5.74) is 0.642. The fraction of sp³-hybridized carbons (Fsp3) is 0.625. The van der Waals surface area contributed by atoms with Gasteiger partial charge in [-0.3, -0.25) is 9.59 Å². The van der Waals surface area contributed by atoms with Crippen LogP contribution in [-0.2, 0) is 0 Å². The third-order valence-electron chi connectivity index (χ3n) is 6.14. The molecular weight excluding hydrogens is 252 g/mol. The highest BCUT2D eigenvalue weighted by molar-refractivity contribution is 5.94. The molecule has 1 aromatic rings. The predicted octanol–water partition coefficient (Wildman–Crippen LogP) is 2.32. The van der Waals surface area contributed by atoms with Gasteiger partial charge in [0.25, 0.3) is 5.91 Å². The summed E-state index contributed by atoms with van der Waals surface area (Å²) in [6.45, 7) is 6.94. The summed E-state index contributed by atoms with van der Waals surface area (Å²) in [6.07, 6.45) is 5.01. The first kappa shape index (κ1) is 13.4. The van der Waals surface area contributed by atoms with Gasteiger partial charge in [-0.1, -0.05) is 20.8 Å². The summed E-state index contributed by atoms with van der Waals surface area (Å²) in [4.78, 5) is 26.1. The molecule has 2 aliphatic rings. The average Bonchev–Trinajstić information content (AvgIpc) is 2.72. The molecule has 2 bridgehead atoms. The number of aromatic amines is 1. The van der Waals surface area contributed by atoms with Crippen molar-refractivity contribution < 1.29 is 4.79 Å². The molecule has 2 saturated carbocycles. The first-order valence-corrected chi connectivity index (χ1v) is 7.34. The smallest absolute Gasteiger partial charge is 0.251 e. The first-order valence-electron chi connectivity index (χ1n) is 7.34. The van der Waals surface area contributed by atoms with E-state index in [2.05, 4.69) is 31.1 Å². The van der Waals surface area contributed by atoms with E-state index in [1.165, 1.54) is 25.1 Å². The highest BCUT2D eigenvalue weighted by atomic mass is 16.2. The molecule has 3 unspecified atom stereocenters. The van der Waals surface area contributed by atoms with Crippen LogP contribution in [0.15, 0.2) is 23.1 Å². The zero-order valence-corrected chi connectivity index (χ0v) is 12.3. The van der Waals surface area contributed by atoms with Crippen molar-refractivity contribution in [3.63, 3.8) is 0 Å². The molecule has 2 aliphatic carbocycles. The second kappa shape index (κ2) is 4.21. The lowest BCUT2D eigenvalue weighted by Crippen LogP contribution is -2.47. The minimum atomic E-state index is -0.239. The van der Waals surface area contributed by atoms with E-state index >= 15 is 0 Å². The number of amides is 1. The van der Waals surface area contributed by atoms with Gasteiger partial charge in [-0.05, 0) is 42.1 Å². The standard InChI is InChI=1S/C16H22N2O2/c1-15(2)11-4-6-16(15,3)12(9-11)18-14(20)10-5-7-17-13(19)8-10/h5,7-8,11-12H,4,6,9H2,1-3H3,(H,17,19)(H,18,20). The lowest BCUT2D eigenvalue weighted by atomic mass is 9.69. The van der Waals surface area contributed by atoms with E-state index < -0.39 is 0 Å². The van der Waals surface area contributed by atoms with Gasteiger partial charge < -0.3 is 10.3 Å². The highest BCUT2D eigenvalue weighted by Gasteiger charge is 2.61. The first-order chi connectivity index (χ1) is 9.34. The number of rotatable bonds is 2. The van der Waals surface area contributed by atoms with Gasteiger partial charge in [-0.2, -0.15) is 0 Å². The van der Waals surface area contributed by atoms with E-state index in [1.807, 2.05) is 0 Å². The topological polar surface area (TPSA) is 62.0 Å². The largest absolute Gasteiger partial charge is 0.349 e. The summed E-state index contributed by atoms with van der Waals surface area (Å²) < 4.78 is 0. The Balaban J connectivity index is 1.80. The van der Waals surface area contributed by atoms with E-state index in [9.17, 15) is 9.59 Å². The van der Waals surface area contributed by atoms with E-state index in [4.69, 9.17) is 0 Å². The molecule has 2 fully saturated rings. The van der Waals surface area contributed by atoms with Crippen LogP contribution in [0.5, 0.6) is 0 Å². The van der Waals surface area contributed by atoms with Crippen LogP contribution in [0.1, 0.15) is 50.4 Å². The average molecular weight is 274 g/mol. The molecule has 20 heavy (non-hydrogen) atoms. The quantitative estimate of drug-likeness (QED) is 0.869. The molecule has 3 atom stereocenters. The third-order valence-corrected chi connectivity index (χ3v) is 6.14. The van der Waals surface area contributed by atoms with Crippen molar-refractivity contribution >= 4 is 5.91 Å². The molecule has 1 amide bonds. The van der Waals surface area contributed by atoms with E-state index in [-0.39, 0.29) is 28.3 Å². The molecule has 0 radical (unpaired) electrons. The van der Waals surface area contributed by atoms with Gasteiger partial charge >= 0.3 is 0 Å². The zero-order valence-electron chi connectivity index (χ0n) is 12.3. The van der Waals surface area contributed by atoms with Crippen LogP contribution in [-0.4, -0.2) is 16.9 Å². The van der Waals surface area contributed by atoms with Gasteiger partial charge in [-0.15, -0.1) is 0 Å². The van der Waals surface area contributed by atoms with E-state index in [0.717, 1.165) is 6.42 Å². The molecule has 0 aliphatic heterocycles. The third kappa shape index (κ3) is 1.74. The summed E-state index contributed by atoms with van der Waals surface area (Å²) in [5.74, 6) is 0.558. The Labute approximate surface area is 119 Å². The maximum Gasteiger partial charge on any atom is 0.251 e. The molecule has 3 rings (SSSR count). The van der Waals surface area contributed by atoms with Crippen molar-refractivity contribution in [1.29, 1.82) is 0 Å². The molecule has 1 heterocycles. The van der Waals surface area contributed by atoms with Gasteiger partial charge in [0, 0.05) is 23.9 Å². The normalized spacial score (nSPS) is 34.1.